The van der Waals surface area contributed by atoms with Crippen molar-refractivity contribution in [2.24, 2.45) is 5.92 Å². The molecule has 7 heteroatoms. The van der Waals surface area contributed by atoms with Gasteiger partial charge in [0.05, 0.1) is 12.5 Å². The van der Waals surface area contributed by atoms with Crippen LogP contribution in [0, 0.1) is 5.92 Å². The van der Waals surface area contributed by atoms with E-state index in [2.05, 4.69) is 23.5 Å². The molecule has 1 fully saturated rings. The van der Waals surface area contributed by atoms with Crippen LogP contribution in [-0.2, 0) is 23.1 Å². The van der Waals surface area contributed by atoms with Crippen LogP contribution in [0.1, 0.15) is 31.7 Å². The number of hydrogen-bond donors (Lipinski definition) is 1. The molecule has 1 unspecified atom stereocenters. The first-order valence-corrected chi connectivity index (χ1v) is 9.51. The normalized spacial score (nSPS) is 20.8. The molecular weight excluding hydrogens is 288 g/mol. The maximum Gasteiger partial charge on any atom is 0.211 e. The van der Waals surface area contributed by atoms with Gasteiger partial charge >= 0.3 is 0 Å². The molecule has 0 aromatic carbocycles. The average Bonchev–Trinajstić information content (AvgIpc) is 2.86. The molecule has 0 bridgehead atoms. The lowest BCUT2D eigenvalue weighted by molar-refractivity contribution is 0.240. The summed E-state index contributed by atoms with van der Waals surface area (Å²) in [5.74, 6) is 0.352. The lowest BCUT2D eigenvalue weighted by Gasteiger charge is -2.30. The van der Waals surface area contributed by atoms with Crippen molar-refractivity contribution in [3.8, 4) is 0 Å². The zero-order valence-corrected chi connectivity index (χ0v) is 13.8. The van der Waals surface area contributed by atoms with E-state index in [9.17, 15) is 8.42 Å². The molecule has 0 radical (unpaired) electrons. The van der Waals surface area contributed by atoms with Crippen molar-refractivity contribution in [2.75, 3.05) is 25.9 Å². The summed E-state index contributed by atoms with van der Waals surface area (Å²) in [5.41, 5.74) is 1.18. The highest BCUT2D eigenvalue weighted by atomic mass is 32.2. The Morgan fingerprint density at radius 3 is 3.00 bits per heavy atom. The molecule has 1 aliphatic rings. The minimum absolute atomic E-state index is 0.352. The highest BCUT2D eigenvalue weighted by molar-refractivity contribution is 7.88. The zero-order chi connectivity index (χ0) is 15.3. The van der Waals surface area contributed by atoms with Gasteiger partial charge in [0, 0.05) is 37.9 Å². The van der Waals surface area contributed by atoms with Crippen LogP contribution >= 0.6 is 0 Å². The lowest BCUT2D eigenvalue weighted by Crippen LogP contribution is -2.40. The fourth-order valence-corrected chi connectivity index (χ4v) is 3.69. The quantitative estimate of drug-likeness (QED) is 0.764. The third-order valence-corrected chi connectivity index (χ3v) is 5.11. The van der Waals surface area contributed by atoms with Crippen LogP contribution in [0.2, 0.25) is 0 Å². The molecule has 1 aliphatic heterocycles. The summed E-state index contributed by atoms with van der Waals surface area (Å²) in [4.78, 5) is 0. The third-order valence-electron chi connectivity index (χ3n) is 3.84. The van der Waals surface area contributed by atoms with E-state index in [0.717, 1.165) is 38.9 Å². The van der Waals surface area contributed by atoms with Crippen molar-refractivity contribution in [1.82, 2.24) is 19.4 Å². The van der Waals surface area contributed by atoms with Gasteiger partial charge in [0.2, 0.25) is 10.0 Å². The smallest absolute Gasteiger partial charge is 0.211 e. The first-order valence-electron chi connectivity index (χ1n) is 7.66. The second kappa shape index (κ2) is 7.38. The molecule has 0 spiro atoms. The van der Waals surface area contributed by atoms with Crippen LogP contribution in [-0.4, -0.2) is 48.4 Å². The van der Waals surface area contributed by atoms with Crippen molar-refractivity contribution >= 4 is 10.0 Å². The van der Waals surface area contributed by atoms with Gasteiger partial charge in [-0.3, -0.25) is 4.68 Å². The fourth-order valence-electron chi connectivity index (χ4n) is 2.75. The predicted octanol–water partition coefficient (Wildman–Crippen LogP) is 1.05. The third kappa shape index (κ3) is 5.09. The van der Waals surface area contributed by atoms with Gasteiger partial charge in [0.25, 0.3) is 0 Å². The first-order chi connectivity index (χ1) is 9.99. The Morgan fingerprint density at radius 2 is 2.29 bits per heavy atom. The summed E-state index contributed by atoms with van der Waals surface area (Å²) in [7, 11) is -3.07. The monoisotopic (exact) mass is 314 g/mol. The molecule has 2 rings (SSSR count). The zero-order valence-electron chi connectivity index (χ0n) is 13.0. The summed E-state index contributed by atoms with van der Waals surface area (Å²) in [6, 6.07) is 0. The van der Waals surface area contributed by atoms with Crippen LogP contribution in [0.25, 0.3) is 0 Å². The second-order valence-electron chi connectivity index (χ2n) is 5.88. The van der Waals surface area contributed by atoms with E-state index in [1.807, 2.05) is 10.9 Å². The van der Waals surface area contributed by atoms with Gasteiger partial charge in [0.1, 0.15) is 0 Å². The molecule has 1 saturated heterocycles. The molecule has 6 nitrogen and oxygen atoms in total. The maximum atomic E-state index is 11.6. The highest BCUT2D eigenvalue weighted by Crippen LogP contribution is 2.20. The van der Waals surface area contributed by atoms with Gasteiger partial charge in [0.15, 0.2) is 0 Å². The number of piperidine rings is 1. The average molecular weight is 314 g/mol. The molecule has 2 heterocycles. The Bertz CT molecular complexity index is 541. The second-order valence-corrected chi connectivity index (χ2v) is 7.86. The minimum Gasteiger partial charge on any atom is -0.313 e. The molecule has 0 amide bonds. The number of aromatic nitrogens is 2. The van der Waals surface area contributed by atoms with E-state index in [1.165, 1.54) is 11.8 Å². The Balaban J connectivity index is 1.86. The predicted molar refractivity (Wildman–Crippen MR) is 83.4 cm³/mol. The van der Waals surface area contributed by atoms with E-state index in [-0.39, 0.29) is 0 Å². The first kappa shape index (κ1) is 16.5. The van der Waals surface area contributed by atoms with Gasteiger partial charge in [-0.25, -0.2) is 12.7 Å². The van der Waals surface area contributed by atoms with E-state index in [4.69, 9.17) is 0 Å². The summed E-state index contributed by atoms with van der Waals surface area (Å²) >= 11 is 0. The highest BCUT2D eigenvalue weighted by Gasteiger charge is 2.26. The summed E-state index contributed by atoms with van der Waals surface area (Å²) in [6.07, 6.45) is 8.36. The van der Waals surface area contributed by atoms with Gasteiger partial charge in [-0.2, -0.15) is 5.10 Å². The van der Waals surface area contributed by atoms with E-state index >= 15 is 0 Å². The number of nitrogens with zero attached hydrogens (tertiary/aromatic N) is 3. The largest absolute Gasteiger partial charge is 0.313 e. The summed E-state index contributed by atoms with van der Waals surface area (Å²) < 4.78 is 26.8. The van der Waals surface area contributed by atoms with Crippen molar-refractivity contribution < 1.29 is 8.42 Å². The van der Waals surface area contributed by atoms with Crippen LogP contribution < -0.4 is 5.32 Å². The number of sulfonamides is 1. The van der Waals surface area contributed by atoms with E-state index in [1.54, 1.807) is 4.31 Å². The molecule has 21 heavy (non-hydrogen) atoms. The summed E-state index contributed by atoms with van der Waals surface area (Å²) in [5, 5.41) is 7.74. The Labute approximate surface area is 127 Å². The van der Waals surface area contributed by atoms with Crippen LogP contribution in [0.5, 0.6) is 0 Å². The van der Waals surface area contributed by atoms with Crippen molar-refractivity contribution in [3.05, 3.63) is 18.0 Å². The molecule has 1 aromatic rings. The van der Waals surface area contributed by atoms with Crippen molar-refractivity contribution in [1.29, 1.82) is 0 Å². The van der Waals surface area contributed by atoms with Gasteiger partial charge < -0.3 is 5.32 Å². The van der Waals surface area contributed by atoms with Crippen molar-refractivity contribution in [2.45, 2.75) is 39.3 Å². The lowest BCUT2D eigenvalue weighted by atomic mass is 10.00. The maximum absolute atomic E-state index is 11.6. The molecule has 1 atom stereocenters. The molecule has 1 N–H and O–H groups in total. The number of rotatable bonds is 7. The number of hydrogen-bond acceptors (Lipinski definition) is 4. The van der Waals surface area contributed by atoms with E-state index in [0.29, 0.717) is 19.0 Å². The minimum atomic E-state index is -3.07. The Hall–Kier alpha value is -0.920. The number of nitrogens with one attached hydrogen (secondary N) is 1. The summed E-state index contributed by atoms with van der Waals surface area (Å²) in [6.45, 7) is 6.06. The topological polar surface area (TPSA) is 67.2 Å². The SMILES string of the molecule is CCCNCc1cnn(CC2CCCN(S(C)(=O)=O)C2)c1. The Morgan fingerprint density at radius 1 is 1.48 bits per heavy atom. The fraction of sp³-hybridized carbons (Fsp3) is 0.786. The van der Waals surface area contributed by atoms with Gasteiger partial charge in [-0.1, -0.05) is 6.92 Å². The molecule has 0 saturated carbocycles. The van der Waals surface area contributed by atoms with Crippen LogP contribution in [0.3, 0.4) is 0 Å². The van der Waals surface area contributed by atoms with Gasteiger partial charge in [-0.05, 0) is 31.7 Å². The Kier molecular flexibility index (Phi) is 5.78. The molecule has 120 valence electrons. The van der Waals surface area contributed by atoms with Crippen LogP contribution in [0.4, 0.5) is 0 Å². The van der Waals surface area contributed by atoms with Crippen molar-refractivity contribution in [3.63, 3.8) is 0 Å². The van der Waals surface area contributed by atoms with Gasteiger partial charge in [-0.15, -0.1) is 0 Å². The van der Waals surface area contributed by atoms with E-state index < -0.39 is 10.0 Å². The molecule has 1 aromatic heterocycles. The molecular formula is C14H26N4O2S. The standard InChI is InChI=1S/C14H26N4O2S/c1-3-6-15-8-14-9-16-17(11-14)10-13-5-4-7-18(12-13)21(2,19)20/h9,11,13,15H,3-8,10,12H2,1-2H3. The molecule has 0 aliphatic carbocycles. The van der Waals surface area contributed by atoms with Crippen LogP contribution in [0.15, 0.2) is 12.4 Å².